The zero-order chi connectivity index (χ0) is 12.0. The molecule has 5 heteroatoms. The van der Waals surface area contributed by atoms with Gasteiger partial charge in [0.1, 0.15) is 11.5 Å². The number of aryl methyl sites for hydroxylation is 1. The summed E-state index contributed by atoms with van der Waals surface area (Å²) in [5, 5.41) is 8.59. The maximum atomic E-state index is 11.6. The Morgan fingerprint density at radius 2 is 2.31 bits per heavy atom. The van der Waals surface area contributed by atoms with Crippen LogP contribution in [0.5, 0.6) is 0 Å². The molecule has 0 aliphatic heterocycles. The molecule has 1 rings (SSSR count). The fraction of sp³-hybridized carbons (Fsp3) is 0.545. The number of thioether (sulfide) groups is 1. The standard InChI is InChI=1S/C11H17NO3S/c1-9-3-4-10(15-9)7-12(2)11(14)8-16-6-5-13/h3-4,13H,5-8H2,1-2H3. The van der Waals surface area contributed by atoms with Gasteiger partial charge in [-0.3, -0.25) is 4.79 Å². The van der Waals surface area contributed by atoms with E-state index in [-0.39, 0.29) is 12.5 Å². The highest BCUT2D eigenvalue weighted by atomic mass is 32.2. The number of aliphatic hydroxyl groups is 1. The van der Waals surface area contributed by atoms with Gasteiger partial charge in [-0.2, -0.15) is 0 Å². The molecule has 0 saturated heterocycles. The van der Waals surface area contributed by atoms with Crippen molar-refractivity contribution in [3.05, 3.63) is 23.7 Å². The lowest BCUT2D eigenvalue weighted by Crippen LogP contribution is -2.27. The summed E-state index contributed by atoms with van der Waals surface area (Å²) < 4.78 is 5.39. The first-order valence-corrected chi connectivity index (χ1v) is 6.27. The van der Waals surface area contributed by atoms with Crippen molar-refractivity contribution in [2.24, 2.45) is 0 Å². The van der Waals surface area contributed by atoms with E-state index in [1.54, 1.807) is 11.9 Å². The first kappa shape index (κ1) is 13.1. The van der Waals surface area contributed by atoms with Gasteiger partial charge in [-0.1, -0.05) is 0 Å². The maximum Gasteiger partial charge on any atom is 0.232 e. The van der Waals surface area contributed by atoms with Crippen molar-refractivity contribution in [1.82, 2.24) is 4.90 Å². The Hall–Kier alpha value is -0.940. The van der Waals surface area contributed by atoms with Crippen LogP contribution in [0.1, 0.15) is 11.5 Å². The van der Waals surface area contributed by atoms with E-state index < -0.39 is 0 Å². The molecule has 1 aromatic rings. The molecule has 4 nitrogen and oxygen atoms in total. The molecule has 1 aromatic heterocycles. The summed E-state index contributed by atoms with van der Waals surface area (Å²) in [7, 11) is 1.75. The number of carbonyl (C=O) groups is 1. The monoisotopic (exact) mass is 243 g/mol. The minimum atomic E-state index is 0.0486. The third kappa shape index (κ3) is 4.28. The molecule has 1 heterocycles. The fourth-order valence-corrected chi connectivity index (χ4v) is 1.89. The second-order valence-corrected chi connectivity index (χ2v) is 4.64. The average molecular weight is 243 g/mol. The number of hydrogen-bond donors (Lipinski definition) is 1. The molecule has 0 radical (unpaired) electrons. The van der Waals surface area contributed by atoms with E-state index in [1.165, 1.54) is 11.8 Å². The molecule has 1 amide bonds. The Bertz CT molecular complexity index is 338. The quantitative estimate of drug-likeness (QED) is 0.765. The van der Waals surface area contributed by atoms with E-state index >= 15 is 0 Å². The molecule has 16 heavy (non-hydrogen) atoms. The summed E-state index contributed by atoms with van der Waals surface area (Å²) in [6.45, 7) is 2.48. The number of furan rings is 1. The van der Waals surface area contributed by atoms with Gasteiger partial charge in [0, 0.05) is 12.8 Å². The number of amides is 1. The molecule has 0 aliphatic carbocycles. The molecule has 0 spiro atoms. The Kier molecular flexibility index (Phi) is 5.42. The highest BCUT2D eigenvalue weighted by Gasteiger charge is 2.10. The first-order valence-electron chi connectivity index (χ1n) is 5.11. The van der Waals surface area contributed by atoms with Crippen LogP contribution in [0.4, 0.5) is 0 Å². The van der Waals surface area contributed by atoms with Crippen LogP contribution in [0.2, 0.25) is 0 Å². The highest BCUT2D eigenvalue weighted by Crippen LogP contribution is 2.09. The molecule has 0 saturated carbocycles. The van der Waals surface area contributed by atoms with Crippen LogP contribution in [-0.2, 0) is 11.3 Å². The van der Waals surface area contributed by atoms with Gasteiger partial charge in [0.05, 0.1) is 18.9 Å². The smallest absolute Gasteiger partial charge is 0.232 e. The van der Waals surface area contributed by atoms with Gasteiger partial charge in [0.2, 0.25) is 5.91 Å². The SMILES string of the molecule is Cc1ccc(CN(C)C(=O)CSCCO)o1. The molecule has 0 unspecified atom stereocenters. The first-order chi connectivity index (χ1) is 7.63. The van der Waals surface area contributed by atoms with Crippen molar-refractivity contribution in [2.75, 3.05) is 25.2 Å². The predicted molar refractivity (Wildman–Crippen MR) is 64.3 cm³/mol. The van der Waals surface area contributed by atoms with E-state index in [0.29, 0.717) is 18.1 Å². The molecular weight excluding hydrogens is 226 g/mol. The minimum Gasteiger partial charge on any atom is -0.464 e. The van der Waals surface area contributed by atoms with Gasteiger partial charge in [-0.15, -0.1) is 11.8 Å². The Labute approximate surface area is 99.6 Å². The molecule has 0 atom stereocenters. The zero-order valence-electron chi connectivity index (χ0n) is 9.60. The van der Waals surface area contributed by atoms with E-state index in [0.717, 1.165) is 11.5 Å². The predicted octanol–water partition coefficient (Wildman–Crippen LogP) is 1.27. The number of nitrogens with zero attached hydrogens (tertiary/aromatic N) is 1. The average Bonchev–Trinajstić information content (AvgIpc) is 2.64. The topological polar surface area (TPSA) is 53.7 Å². The summed E-state index contributed by atoms with van der Waals surface area (Å²) in [6.07, 6.45) is 0. The molecule has 0 aromatic carbocycles. The van der Waals surface area contributed by atoms with Crippen LogP contribution in [0.3, 0.4) is 0 Å². The van der Waals surface area contributed by atoms with Gasteiger partial charge >= 0.3 is 0 Å². The second-order valence-electron chi connectivity index (χ2n) is 3.54. The number of carbonyl (C=O) groups excluding carboxylic acids is 1. The lowest BCUT2D eigenvalue weighted by atomic mass is 10.4. The van der Waals surface area contributed by atoms with Crippen LogP contribution < -0.4 is 0 Å². The number of rotatable bonds is 6. The van der Waals surface area contributed by atoms with Crippen molar-refractivity contribution < 1.29 is 14.3 Å². The lowest BCUT2D eigenvalue weighted by molar-refractivity contribution is -0.127. The fourth-order valence-electron chi connectivity index (χ4n) is 1.23. The summed E-state index contributed by atoms with van der Waals surface area (Å²) in [4.78, 5) is 13.2. The normalized spacial score (nSPS) is 10.4. The van der Waals surface area contributed by atoms with E-state index in [1.807, 2.05) is 19.1 Å². The van der Waals surface area contributed by atoms with Gasteiger partial charge in [0.25, 0.3) is 0 Å². The number of hydrogen-bond acceptors (Lipinski definition) is 4. The molecule has 90 valence electrons. The lowest BCUT2D eigenvalue weighted by Gasteiger charge is -2.15. The van der Waals surface area contributed by atoms with Gasteiger partial charge in [-0.25, -0.2) is 0 Å². The summed E-state index contributed by atoms with van der Waals surface area (Å²) in [5.74, 6) is 2.69. The largest absolute Gasteiger partial charge is 0.464 e. The minimum absolute atomic E-state index is 0.0486. The Morgan fingerprint density at radius 3 is 2.88 bits per heavy atom. The van der Waals surface area contributed by atoms with Crippen LogP contribution in [-0.4, -0.2) is 41.1 Å². The zero-order valence-corrected chi connectivity index (χ0v) is 10.4. The Balaban J connectivity index is 2.34. The van der Waals surface area contributed by atoms with E-state index in [9.17, 15) is 4.79 Å². The third-order valence-corrected chi connectivity index (χ3v) is 3.00. The highest BCUT2D eigenvalue weighted by molar-refractivity contribution is 7.99. The number of aliphatic hydroxyl groups excluding tert-OH is 1. The second kappa shape index (κ2) is 6.60. The molecule has 1 N–H and O–H groups in total. The Morgan fingerprint density at radius 1 is 1.56 bits per heavy atom. The van der Waals surface area contributed by atoms with Crippen molar-refractivity contribution >= 4 is 17.7 Å². The van der Waals surface area contributed by atoms with Crippen LogP contribution in [0, 0.1) is 6.92 Å². The van der Waals surface area contributed by atoms with E-state index in [4.69, 9.17) is 9.52 Å². The van der Waals surface area contributed by atoms with Gasteiger partial charge < -0.3 is 14.4 Å². The van der Waals surface area contributed by atoms with Crippen molar-refractivity contribution in [3.8, 4) is 0 Å². The van der Waals surface area contributed by atoms with Gasteiger partial charge in [-0.05, 0) is 19.1 Å². The van der Waals surface area contributed by atoms with E-state index in [2.05, 4.69) is 0 Å². The molecule has 0 bridgehead atoms. The van der Waals surface area contributed by atoms with Crippen molar-refractivity contribution in [2.45, 2.75) is 13.5 Å². The third-order valence-electron chi connectivity index (χ3n) is 2.08. The van der Waals surface area contributed by atoms with Crippen molar-refractivity contribution in [1.29, 1.82) is 0 Å². The molecular formula is C11H17NO3S. The van der Waals surface area contributed by atoms with Crippen LogP contribution in [0.25, 0.3) is 0 Å². The van der Waals surface area contributed by atoms with Crippen LogP contribution >= 0.6 is 11.8 Å². The molecule has 0 aliphatic rings. The summed E-state index contributed by atoms with van der Waals surface area (Å²) >= 11 is 1.43. The van der Waals surface area contributed by atoms with Crippen LogP contribution in [0.15, 0.2) is 16.5 Å². The van der Waals surface area contributed by atoms with Gasteiger partial charge in [0.15, 0.2) is 0 Å². The summed E-state index contributed by atoms with van der Waals surface area (Å²) in [6, 6.07) is 3.76. The maximum absolute atomic E-state index is 11.6. The van der Waals surface area contributed by atoms with Crippen molar-refractivity contribution in [3.63, 3.8) is 0 Å². The summed E-state index contributed by atoms with van der Waals surface area (Å²) in [5.41, 5.74) is 0. The molecule has 0 fully saturated rings.